The van der Waals surface area contributed by atoms with Crippen molar-refractivity contribution < 1.29 is 0 Å². The molecule has 0 aliphatic carbocycles. The van der Waals surface area contributed by atoms with E-state index in [-0.39, 0.29) is 5.54 Å². The summed E-state index contributed by atoms with van der Waals surface area (Å²) >= 11 is 0. The Balaban J connectivity index is 2.58. The molecule has 1 fully saturated rings. The smallest absolute Gasteiger partial charge is 0.108 e. The van der Waals surface area contributed by atoms with Gasteiger partial charge in [-0.25, -0.2) is 0 Å². The second kappa shape index (κ2) is 6.22. The Bertz CT molecular complexity index is 244. The van der Waals surface area contributed by atoms with Crippen LogP contribution >= 0.6 is 0 Å². The highest BCUT2D eigenvalue weighted by Gasteiger charge is 2.32. The van der Waals surface area contributed by atoms with Gasteiger partial charge in [0.05, 0.1) is 6.07 Å². The molecule has 3 nitrogen and oxygen atoms in total. The lowest BCUT2D eigenvalue weighted by atomic mass is 9.92. The molecule has 16 heavy (non-hydrogen) atoms. The van der Waals surface area contributed by atoms with E-state index in [9.17, 15) is 5.26 Å². The number of rotatable bonds is 4. The lowest BCUT2D eigenvalue weighted by Gasteiger charge is -2.27. The third-order valence-electron chi connectivity index (χ3n) is 3.53. The van der Waals surface area contributed by atoms with Crippen LogP contribution in [0.5, 0.6) is 0 Å². The Labute approximate surface area is 99.8 Å². The van der Waals surface area contributed by atoms with Crippen LogP contribution in [0.15, 0.2) is 0 Å². The molecule has 1 aliphatic rings. The Morgan fingerprint density at radius 2 is 2.12 bits per heavy atom. The standard InChI is InChI=1S/C13H25N3/c1-4-8-15-13(11-14)6-5-9-16(10-7-13)12(2)3/h12,15H,4-10H2,1-3H3. The molecular formula is C13H25N3. The zero-order valence-electron chi connectivity index (χ0n) is 10.9. The van der Waals surface area contributed by atoms with Crippen LogP contribution < -0.4 is 5.32 Å². The molecule has 0 aromatic carbocycles. The molecule has 0 aromatic heterocycles. The highest BCUT2D eigenvalue weighted by Crippen LogP contribution is 2.22. The normalized spacial score (nSPS) is 27.7. The van der Waals surface area contributed by atoms with Crippen LogP contribution in [0.4, 0.5) is 0 Å². The molecule has 0 aromatic rings. The summed E-state index contributed by atoms with van der Waals surface area (Å²) in [6.45, 7) is 9.75. The quantitative estimate of drug-likeness (QED) is 0.793. The summed E-state index contributed by atoms with van der Waals surface area (Å²) in [4.78, 5) is 2.48. The highest BCUT2D eigenvalue weighted by atomic mass is 15.2. The van der Waals surface area contributed by atoms with Crippen LogP contribution in [0, 0.1) is 11.3 Å². The summed E-state index contributed by atoms with van der Waals surface area (Å²) in [5.41, 5.74) is -0.264. The lowest BCUT2D eigenvalue weighted by molar-refractivity contribution is 0.225. The van der Waals surface area contributed by atoms with Crippen molar-refractivity contribution in [3.8, 4) is 6.07 Å². The van der Waals surface area contributed by atoms with Crippen LogP contribution in [0.3, 0.4) is 0 Å². The van der Waals surface area contributed by atoms with Gasteiger partial charge in [0.1, 0.15) is 5.54 Å². The third kappa shape index (κ3) is 3.47. The van der Waals surface area contributed by atoms with E-state index in [2.05, 4.69) is 37.1 Å². The molecular weight excluding hydrogens is 198 g/mol. The van der Waals surface area contributed by atoms with Crippen LogP contribution in [-0.2, 0) is 0 Å². The number of likely N-dealkylation sites (tertiary alicyclic amines) is 1. The average Bonchev–Trinajstić information content (AvgIpc) is 2.49. The van der Waals surface area contributed by atoms with E-state index in [0.29, 0.717) is 6.04 Å². The molecule has 1 aliphatic heterocycles. The Morgan fingerprint density at radius 3 is 2.69 bits per heavy atom. The average molecular weight is 223 g/mol. The van der Waals surface area contributed by atoms with Gasteiger partial charge in [-0.3, -0.25) is 5.32 Å². The first-order valence-corrected chi connectivity index (χ1v) is 6.54. The summed E-state index contributed by atoms with van der Waals surface area (Å²) in [5, 5.41) is 12.8. The molecule has 0 spiro atoms. The molecule has 0 saturated carbocycles. The van der Waals surface area contributed by atoms with Gasteiger partial charge >= 0.3 is 0 Å². The molecule has 0 radical (unpaired) electrons. The van der Waals surface area contributed by atoms with Crippen molar-refractivity contribution in [2.75, 3.05) is 19.6 Å². The zero-order valence-corrected chi connectivity index (χ0v) is 10.9. The number of hydrogen-bond donors (Lipinski definition) is 1. The van der Waals surface area contributed by atoms with Crippen molar-refractivity contribution in [3.63, 3.8) is 0 Å². The maximum atomic E-state index is 9.39. The SMILES string of the molecule is CCCNC1(C#N)CCCN(C(C)C)CC1. The van der Waals surface area contributed by atoms with Gasteiger partial charge in [-0.1, -0.05) is 6.92 Å². The van der Waals surface area contributed by atoms with E-state index in [1.807, 2.05) is 0 Å². The molecule has 92 valence electrons. The van der Waals surface area contributed by atoms with E-state index in [4.69, 9.17) is 0 Å². The fraction of sp³-hybridized carbons (Fsp3) is 0.923. The molecule has 1 heterocycles. The minimum absolute atomic E-state index is 0.264. The predicted molar refractivity (Wildman–Crippen MR) is 67.2 cm³/mol. The van der Waals surface area contributed by atoms with E-state index >= 15 is 0 Å². The predicted octanol–water partition coefficient (Wildman–Crippen LogP) is 2.14. The van der Waals surface area contributed by atoms with Crippen molar-refractivity contribution in [3.05, 3.63) is 0 Å². The Morgan fingerprint density at radius 1 is 1.38 bits per heavy atom. The minimum Gasteiger partial charge on any atom is -0.301 e. The monoisotopic (exact) mass is 223 g/mol. The summed E-state index contributed by atoms with van der Waals surface area (Å²) in [6, 6.07) is 3.11. The number of nitrogens with one attached hydrogen (secondary N) is 1. The van der Waals surface area contributed by atoms with Crippen molar-refractivity contribution in [1.29, 1.82) is 5.26 Å². The van der Waals surface area contributed by atoms with Gasteiger partial charge < -0.3 is 4.90 Å². The largest absolute Gasteiger partial charge is 0.301 e. The van der Waals surface area contributed by atoms with E-state index in [1.54, 1.807) is 0 Å². The Kier molecular flexibility index (Phi) is 5.24. The first-order chi connectivity index (χ1) is 7.63. The van der Waals surface area contributed by atoms with Crippen LogP contribution in [0.2, 0.25) is 0 Å². The number of hydrogen-bond acceptors (Lipinski definition) is 3. The molecule has 1 saturated heterocycles. The van der Waals surface area contributed by atoms with E-state index in [0.717, 1.165) is 45.3 Å². The maximum Gasteiger partial charge on any atom is 0.108 e. The second-order valence-corrected chi connectivity index (χ2v) is 5.10. The lowest BCUT2D eigenvalue weighted by Crippen LogP contribution is -2.45. The van der Waals surface area contributed by atoms with Gasteiger partial charge in [-0.05, 0) is 52.6 Å². The minimum atomic E-state index is -0.264. The first-order valence-electron chi connectivity index (χ1n) is 6.54. The van der Waals surface area contributed by atoms with Gasteiger partial charge in [0.2, 0.25) is 0 Å². The summed E-state index contributed by atoms with van der Waals surface area (Å²) in [6.07, 6.45) is 4.17. The Hall–Kier alpha value is -0.590. The second-order valence-electron chi connectivity index (χ2n) is 5.10. The van der Waals surface area contributed by atoms with Crippen molar-refractivity contribution in [1.82, 2.24) is 10.2 Å². The fourth-order valence-corrected chi connectivity index (χ4v) is 2.36. The van der Waals surface area contributed by atoms with Gasteiger partial charge in [0, 0.05) is 12.6 Å². The van der Waals surface area contributed by atoms with Crippen molar-refractivity contribution in [2.45, 2.75) is 58.0 Å². The van der Waals surface area contributed by atoms with Crippen LogP contribution in [0.1, 0.15) is 46.5 Å². The highest BCUT2D eigenvalue weighted by molar-refractivity contribution is 5.08. The third-order valence-corrected chi connectivity index (χ3v) is 3.53. The maximum absolute atomic E-state index is 9.39. The van der Waals surface area contributed by atoms with Crippen LogP contribution in [-0.4, -0.2) is 36.1 Å². The molecule has 1 atom stereocenters. The topological polar surface area (TPSA) is 39.1 Å². The fourth-order valence-electron chi connectivity index (χ4n) is 2.36. The molecule has 0 amide bonds. The van der Waals surface area contributed by atoms with E-state index < -0.39 is 0 Å². The van der Waals surface area contributed by atoms with E-state index in [1.165, 1.54) is 0 Å². The molecule has 0 bridgehead atoms. The molecule has 1 unspecified atom stereocenters. The van der Waals surface area contributed by atoms with Crippen molar-refractivity contribution >= 4 is 0 Å². The number of nitrogens with zero attached hydrogens (tertiary/aromatic N) is 2. The summed E-state index contributed by atoms with van der Waals surface area (Å²) in [5.74, 6) is 0. The molecule has 3 heteroatoms. The van der Waals surface area contributed by atoms with Gasteiger partial charge in [0.15, 0.2) is 0 Å². The molecule has 1 rings (SSSR count). The summed E-state index contributed by atoms with van der Waals surface area (Å²) < 4.78 is 0. The van der Waals surface area contributed by atoms with Gasteiger partial charge in [-0.2, -0.15) is 5.26 Å². The van der Waals surface area contributed by atoms with Crippen LogP contribution in [0.25, 0.3) is 0 Å². The van der Waals surface area contributed by atoms with Gasteiger partial charge in [-0.15, -0.1) is 0 Å². The first kappa shape index (κ1) is 13.5. The van der Waals surface area contributed by atoms with Crippen molar-refractivity contribution in [2.24, 2.45) is 0 Å². The molecule has 1 N–H and O–H groups in total. The zero-order chi connectivity index (χ0) is 12.0. The number of nitriles is 1. The summed E-state index contributed by atoms with van der Waals surface area (Å²) in [7, 11) is 0. The van der Waals surface area contributed by atoms with Gasteiger partial charge in [0.25, 0.3) is 0 Å².